The Kier molecular flexibility index (Phi) is 2.67. The molecule has 3 atom stereocenters. The SMILES string of the molecule is CC1CN(C2CC(=O)NC2=O)CC1C(=O)O. The molecule has 2 heterocycles. The lowest BCUT2D eigenvalue weighted by atomic mass is 9.99. The second-order valence-corrected chi connectivity index (χ2v) is 4.51. The summed E-state index contributed by atoms with van der Waals surface area (Å²) < 4.78 is 0. The molecule has 2 amide bonds. The number of carbonyl (C=O) groups is 3. The maximum Gasteiger partial charge on any atom is 0.308 e. The van der Waals surface area contributed by atoms with Gasteiger partial charge in [-0.25, -0.2) is 0 Å². The van der Waals surface area contributed by atoms with Crippen molar-refractivity contribution in [3.63, 3.8) is 0 Å². The molecule has 0 spiro atoms. The van der Waals surface area contributed by atoms with Crippen LogP contribution in [0.15, 0.2) is 0 Å². The Morgan fingerprint density at radius 2 is 2.12 bits per heavy atom. The van der Waals surface area contributed by atoms with E-state index >= 15 is 0 Å². The lowest BCUT2D eigenvalue weighted by Crippen LogP contribution is -2.39. The fraction of sp³-hybridized carbons (Fsp3) is 0.700. The molecule has 0 radical (unpaired) electrons. The number of likely N-dealkylation sites (tertiary alicyclic amines) is 1. The third kappa shape index (κ3) is 1.80. The van der Waals surface area contributed by atoms with E-state index in [-0.39, 0.29) is 24.2 Å². The maximum absolute atomic E-state index is 11.4. The van der Waals surface area contributed by atoms with Crippen molar-refractivity contribution in [2.45, 2.75) is 19.4 Å². The van der Waals surface area contributed by atoms with Crippen LogP contribution in [-0.2, 0) is 14.4 Å². The van der Waals surface area contributed by atoms with Crippen LogP contribution < -0.4 is 5.32 Å². The molecule has 16 heavy (non-hydrogen) atoms. The second-order valence-electron chi connectivity index (χ2n) is 4.51. The van der Waals surface area contributed by atoms with Gasteiger partial charge in [-0.05, 0) is 5.92 Å². The number of aliphatic carboxylic acids is 1. The van der Waals surface area contributed by atoms with Gasteiger partial charge in [0.2, 0.25) is 11.8 Å². The van der Waals surface area contributed by atoms with Gasteiger partial charge in [0.15, 0.2) is 0 Å². The molecule has 2 rings (SSSR count). The molecule has 0 aromatic rings. The summed E-state index contributed by atoms with van der Waals surface area (Å²) in [4.78, 5) is 35.2. The van der Waals surface area contributed by atoms with Crippen molar-refractivity contribution in [1.82, 2.24) is 10.2 Å². The average molecular weight is 226 g/mol. The summed E-state index contributed by atoms with van der Waals surface area (Å²) in [6.07, 6.45) is 0.151. The van der Waals surface area contributed by atoms with Gasteiger partial charge in [-0.15, -0.1) is 0 Å². The number of hydrogen-bond donors (Lipinski definition) is 2. The average Bonchev–Trinajstić information content (AvgIpc) is 2.69. The normalized spacial score (nSPS) is 35.4. The van der Waals surface area contributed by atoms with Gasteiger partial charge in [0.05, 0.1) is 18.4 Å². The number of carbonyl (C=O) groups excluding carboxylic acids is 2. The van der Waals surface area contributed by atoms with Crippen LogP contribution in [-0.4, -0.2) is 46.9 Å². The van der Waals surface area contributed by atoms with Gasteiger partial charge in [-0.1, -0.05) is 6.92 Å². The molecule has 2 saturated heterocycles. The molecule has 0 aromatic carbocycles. The van der Waals surface area contributed by atoms with Gasteiger partial charge in [0.1, 0.15) is 0 Å². The minimum Gasteiger partial charge on any atom is -0.481 e. The van der Waals surface area contributed by atoms with Crippen LogP contribution in [0.25, 0.3) is 0 Å². The number of carboxylic acids is 1. The largest absolute Gasteiger partial charge is 0.481 e. The van der Waals surface area contributed by atoms with E-state index in [0.717, 1.165) is 0 Å². The number of imide groups is 1. The minimum absolute atomic E-state index is 0.0148. The van der Waals surface area contributed by atoms with Crippen molar-refractivity contribution in [2.24, 2.45) is 11.8 Å². The zero-order chi connectivity index (χ0) is 11.9. The van der Waals surface area contributed by atoms with Crippen molar-refractivity contribution in [3.8, 4) is 0 Å². The highest BCUT2D eigenvalue weighted by atomic mass is 16.4. The van der Waals surface area contributed by atoms with Crippen molar-refractivity contribution in [1.29, 1.82) is 0 Å². The zero-order valence-corrected chi connectivity index (χ0v) is 8.97. The predicted octanol–water partition coefficient (Wildman–Crippen LogP) is -0.946. The van der Waals surface area contributed by atoms with E-state index < -0.39 is 17.9 Å². The Morgan fingerprint density at radius 3 is 2.56 bits per heavy atom. The van der Waals surface area contributed by atoms with Gasteiger partial charge in [-0.3, -0.25) is 24.6 Å². The summed E-state index contributed by atoms with van der Waals surface area (Å²) in [7, 11) is 0. The fourth-order valence-electron chi connectivity index (χ4n) is 2.42. The lowest BCUT2D eigenvalue weighted by Gasteiger charge is -2.19. The Morgan fingerprint density at radius 1 is 1.44 bits per heavy atom. The Bertz CT molecular complexity index is 355. The minimum atomic E-state index is -0.834. The highest BCUT2D eigenvalue weighted by Gasteiger charge is 2.43. The van der Waals surface area contributed by atoms with E-state index in [2.05, 4.69) is 5.32 Å². The van der Waals surface area contributed by atoms with Crippen molar-refractivity contribution in [2.75, 3.05) is 13.1 Å². The third-order valence-electron chi connectivity index (χ3n) is 3.34. The van der Waals surface area contributed by atoms with E-state index in [9.17, 15) is 14.4 Å². The molecule has 0 saturated carbocycles. The van der Waals surface area contributed by atoms with Gasteiger partial charge < -0.3 is 5.11 Å². The first-order valence-electron chi connectivity index (χ1n) is 5.29. The lowest BCUT2D eigenvalue weighted by molar-refractivity contribution is -0.142. The fourth-order valence-corrected chi connectivity index (χ4v) is 2.42. The first-order chi connectivity index (χ1) is 7.49. The quantitative estimate of drug-likeness (QED) is 0.593. The first-order valence-corrected chi connectivity index (χ1v) is 5.29. The van der Waals surface area contributed by atoms with Crippen LogP contribution in [0.5, 0.6) is 0 Å². The molecule has 0 aliphatic carbocycles. The maximum atomic E-state index is 11.4. The van der Waals surface area contributed by atoms with Crippen LogP contribution >= 0.6 is 0 Å². The van der Waals surface area contributed by atoms with Crippen molar-refractivity contribution in [3.05, 3.63) is 0 Å². The van der Waals surface area contributed by atoms with Gasteiger partial charge in [-0.2, -0.15) is 0 Å². The molecular formula is C10H14N2O4. The summed E-state index contributed by atoms with van der Waals surface area (Å²) in [5.41, 5.74) is 0. The Balaban J connectivity index is 2.05. The van der Waals surface area contributed by atoms with E-state index in [1.165, 1.54) is 0 Å². The number of amides is 2. The van der Waals surface area contributed by atoms with E-state index in [1.54, 1.807) is 4.90 Å². The van der Waals surface area contributed by atoms with Gasteiger partial charge in [0, 0.05) is 13.1 Å². The molecule has 2 N–H and O–H groups in total. The molecule has 88 valence electrons. The molecule has 6 heteroatoms. The molecule has 2 aliphatic heterocycles. The van der Waals surface area contributed by atoms with E-state index in [1.807, 2.05) is 6.92 Å². The molecular weight excluding hydrogens is 212 g/mol. The Labute approximate surface area is 92.6 Å². The number of rotatable bonds is 2. The van der Waals surface area contributed by atoms with Crippen molar-refractivity contribution < 1.29 is 19.5 Å². The van der Waals surface area contributed by atoms with Gasteiger partial charge >= 0.3 is 5.97 Å². The van der Waals surface area contributed by atoms with Crippen LogP contribution in [0, 0.1) is 11.8 Å². The summed E-state index contributed by atoms with van der Waals surface area (Å²) in [5.74, 6) is -1.84. The molecule has 6 nitrogen and oxygen atoms in total. The molecule has 2 aliphatic rings. The van der Waals surface area contributed by atoms with Crippen LogP contribution in [0.4, 0.5) is 0 Å². The van der Waals surface area contributed by atoms with Crippen LogP contribution in [0.3, 0.4) is 0 Å². The molecule has 0 aromatic heterocycles. The topological polar surface area (TPSA) is 86.7 Å². The monoisotopic (exact) mass is 226 g/mol. The third-order valence-corrected chi connectivity index (χ3v) is 3.34. The molecule has 3 unspecified atom stereocenters. The Hall–Kier alpha value is -1.43. The zero-order valence-electron chi connectivity index (χ0n) is 8.97. The summed E-state index contributed by atoms with van der Waals surface area (Å²) in [6.45, 7) is 2.76. The molecule has 2 fully saturated rings. The number of carboxylic acid groups (broad SMARTS) is 1. The van der Waals surface area contributed by atoms with Crippen LogP contribution in [0.2, 0.25) is 0 Å². The number of hydrogen-bond acceptors (Lipinski definition) is 4. The highest BCUT2D eigenvalue weighted by Crippen LogP contribution is 2.27. The molecule has 0 bridgehead atoms. The van der Waals surface area contributed by atoms with Gasteiger partial charge in [0.25, 0.3) is 0 Å². The number of nitrogens with zero attached hydrogens (tertiary/aromatic N) is 1. The first kappa shape index (κ1) is 11.1. The summed E-state index contributed by atoms with van der Waals surface area (Å²) in [6, 6.07) is -0.473. The standard InChI is InChI=1S/C10H14N2O4/c1-5-3-12(4-6(5)10(15)16)7-2-8(13)11-9(7)14/h5-7H,2-4H2,1H3,(H,15,16)(H,11,13,14). The number of nitrogens with one attached hydrogen (secondary N) is 1. The summed E-state index contributed by atoms with van der Waals surface area (Å²) >= 11 is 0. The van der Waals surface area contributed by atoms with Crippen LogP contribution in [0.1, 0.15) is 13.3 Å². The van der Waals surface area contributed by atoms with E-state index in [4.69, 9.17) is 5.11 Å². The smallest absolute Gasteiger partial charge is 0.308 e. The van der Waals surface area contributed by atoms with Crippen molar-refractivity contribution >= 4 is 17.8 Å². The predicted molar refractivity (Wildman–Crippen MR) is 53.4 cm³/mol. The second kappa shape index (κ2) is 3.86. The highest BCUT2D eigenvalue weighted by molar-refractivity contribution is 6.05. The summed E-state index contributed by atoms with van der Waals surface area (Å²) in [5, 5.41) is 11.2. The van der Waals surface area contributed by atoms with E-state index in [0.29, 0.717) is 13.1 Å².